The zero-order valence-corrected chi connectivity index (χ0v) is 13.2. The molecular formula is C12H16ClNO3S2. The lowest BCUT2D eigenvalue weighted by atomic mass is 10.0. The Balaban J connectivity index is 2.48. The number of rotatable bonds is 3. The third-order valence-electron chi connectivity index (χ3n) is 3.51. The molecular weight excluding hydrogens is 306 g/mol. The fraction of sp³-hybridized carbons (Fsp3) is 0.583. The predicted molar refractivity (Wildman–Crippen MR) is 76.4 cm³/mol. The molecule has 0 spiro atoms. The van der Waals surface area contributed by atoms with E-state index in [2.05, 4.69) is 0 Å². The summed E-state index contributed by atoms with van der Waals surface area (Å²) in [4.78, 5) is 13.6. The van der Waals surface area contributed by atoms with Gasteiger partial charge < -0.3 is 4.90 Å². The minimum atomic E-state index is -3.24. The molecule has 0 N–H and O–H groups in total. The van der Waals surface area contributed by atoms with Gasteiger partial charge in [-0.05, 0) is 31.7 Å². The molecule has 0 fully saturated rings. The lowest BCUT2D eigenvalue weighted by Crippen LogP contribution is -2.40. The number of fused-ring (bicyclic) bond motifs is 1. The summed E-state index contributed by atoms with van der Waals surface area (Å²) >= 11 is 6.86. The van der Waals surface area contributed by atoms with E-state index in [-0.39, 0.29) is 17.8 Å². The van der Waals surface area contributed by atoms with Crippen molar-refractivity contribution in [3.05, 3.63) is 17.0 Å². The molecule has 19 heavy (non-hydrogen) atoms. The van der Waals surface area contributed by atoms with Crippen LogP contribution in [0.2, 0.25) is 0 Å². The molecule has 0 aromatic carbocycles. The van der Waals surface area contributed by atoms with Gasteiger partial charge in [-0.1, -0.05) is 0 Å². The molecule has 0 aliphatic carbocycles. The van der Waals surface area contributed by atoms with E-state index in [9.17, 15) is 13.2 Å². The van der Waals surface area contributed by atoms with Crippen LogP contribution in [0.3, 0.4) is 0 Å². The predicted octanol–water partition coefficient (Wildman–Crippen LogP) is 2.44. The van der Waals surface area contributed by atoms with Crippen molar-refractivity contribution in [2.24, 2.45) is 0 Å². The Morgan fingerprint density at radius 2 is 2.26 bits per heavy atom. The van der Waals surface area contributed by atoms with Crippen LogP contribution in [-0.4, -0.2) is 36.9 Å². The van der Waals surface area contributed by atoms with Crippen molar-refractivity contribution in [1.29, 1.82) is 0 Å². The van der Waals surface area contributed by atoms with Crippen LogP contribution in [0.4, 0.5) is 0 Å². The van der Waals surface area contributed by atoms with Crippen molar-refractivity contribution in [3.63, 3.8) is 0 Å². The summed E-state index contributed by atoms with van der Waals surface area (Å²) in [7, 11) is -3.24. The smallest absolute Gasteiger partial charge is 0.237 e. The van der Waals surface area contributed by atoms with Crippen molar-refractivity contribution in [2.45, 2.75) is 35.8 Å². The van der Waals surface area contributed by atoms with Crippen LogP contribution in [0.1, 0.15) is 31.9 Å². The number of carbonyl (C=O) groups excluding carboxylic acids is 1. The maximum Gasteiger partial charge on any atom is 0.237 e. The number of hydrogen-bond acceptors (Lipinski definition) is 4. The van der Waals surface area contributed by atoms with Gasteiger partial charge in [-0.3, -0.25) is 4.79 Å². The molecule has 106 valence electrons. The van der Waals surface area contributed by atoms with E-state index in [0.717, 1.165) is 5.56 Å². The van der Waals surface area contributed by atoms with Crippen molar-refractivity contribution in [1.82, 2.24) is 4.90 Å². The third-order valence-corrected chi connectivity index (χ3v) is 7.45. The largest absolute Gasteiger partial charge is 0.335 e. The first-order chi connectivity index (χ1) is 8.93. The van der Waals surface area contributed by atoms with Crippen molar-refractivity contribution in [3.8, 4) is 0 Å². The Hall–Kier alpha value is -0.590. The minimum Gasteiger partial charge on any atom is -0.335 e. The molecule has 2 heterocycles. The van der Waals surface area contributed by atoms with Crippen LogP contribution < -0.4 is 0 Å². The van der Waals surface area contributed by atoms with Gasteiger partial charge in [0.25, 0.3) is 0 Å². The second-order valence-electron chi connectivity index (χ2n) is 4.58. The lowest BCUT2D eigenvalue weighted by molar-refractivity contribution is -0.131. The number of halogens is 1. The summed E-state index contributed by atoms with van der Waals surface area (Å²) in [5, 5.41) is 1.30. The van der Waals surface area contributed by atoms with Gasteiger partial charge in [-0.15, -0.1) is 22.9 Å². The first kappa shape index (κ1) is 14.8. The summed E-state index contributed by atoms with van der Waals surface area (Å²) in [5.41, 5.74) is 0.739. The Kier molecular flexibility index (Phi) is 4.23. The molecule has 0 saturated carbocycles. The molecule has 2 rings (SSSR count). The highest BCUT2D eigenvalue weighted by Crippen LogP contribution is 2.42. The number of nitrogens with zero attached hydrogens (tertiary/aromatic N) is 1. The SMILES string of the molecule is CCN(C(=O)CCl)[C@@H]1C[C@@H](C)S(=O)(=O)c2sccc21. The van der Waals surface area contributed by atoms with Gasteiger partial charge in [-0.25, -0.2) is 8.42 Å². The average Bonchev–Trinajstić information content (AvgIpc) is 2.86. The second-order valence-corrected chi connectivity index (χ2v) is 8.33. The van der Waals surface area contributed by atoms with E-state index >= 15 is 0 Å². The summed E-state index contributed by atoms with van der Waals surface area (Å²) in [6.07, 6.45) is 0.433. The quantitative estimate of drug-likeness (QED) is 0.803. The zero-order valence-electron chi connectivity index (χ0n) is 10.8. The summed E-state index contributed by atoms with van der Waals surface area (Å²) in [6, 6.07) is 1.62. The molecule has 1 amide bonds. The molecule has 1 aliphatic rings. The summed E-state index contributed by atoms with van der Waals surface area (Å²) in [5.74, 6) is -0.233. The highest BCUT2D eigenvalue weighted by Gasteiger charge is 2.40. The Labute approximate surface area is 122 Å². The highest BCUT2D eigenvalue weighted by atomic mass is 35.5. The van der Waals surface area contributed by atoms with Crippen LogP contribution in [-0.2, 0) is 14.6 Å². The van der Waals surface area contributed by atoms with Crippen LogP contribution in [0, 0.1) is 0 Å². The number of sulfone groups is 1. The Morgan fingerprint density at radius 3 is 2.84 bits per heavy atom. The van der Waals surface area contributed by atoms with Gasteiger partial charge in [-0.2, -0.15) is 0 Å². The summed E-state index contributed by atoms with van der Waals surface area (Å²) < 4.78 is 24.9. The Morgan fingerprint density at radius 1 is 1.58 bits per heavy atom. The number of hydrogen-bond donors (Lipinski definition) is 0. The van der Waals surface area contributed by atoms with Crippen LogP contribution in [0.15, 0.2) is 15.7 Å². The first-order valence-electron chi connectivity index (χ1n) is 6.10. The zero-order chi connectivity index (χ0) is 14.2. The number of thiophene rings is 1. The van der Waals surface area contributed by atoms with Gasteiger partial charge in [0.2, 0.25) is 5.91 Å². The fourth-order valence-electron chi connectivity index (χ4n) is 2.48. The van der Waals surface area contributed by atoms with Crippen molar-refractivity contribution < 1.29 is 13.2 Å². The van der Waals surface area contributed by atoms with Gasteiger partial charge in [0.05, 0.1) is 11.3 Å². The molecule has 0 bridgehead atoms. The van der Waals surface area contributed by atoms with Gasteiger partial charge in [0.15, 0.2) is 9.84 Å². The molecule has 1 aliphatic heterocycles. The van der Waals surface area contributed by atoms with E-state index in [1.54, 1.807) is 23.3 Å². The maximum absolute atomic E-state index is 12.2. The molecule has 0 unspecified atom stereocenters. The number of carbonyl (C=O) groups is 1. The fourth-order valence-corrected chi connectivity index (χ4v) is 5.84. The molecule has 0 saturated heterocycles. The van der Waals surface area contributed by atoms with Gasteiger partial charge in [0.1, 0.15) is 10.1 Å². The highest BCUT2D eigenvalue weighted by molar-refractivity contribution is 7.94. The standard InChI is InChI=1S/C12H16ClNO3S2/c1-3-14(11(15)7-13)10-6-8(2)19(16,17)12-9(10)4-5-18-12/h4-5,8,10H,3,6-7H2,1-2H3/t8-,10-/m1/s1. The maximum atomic E-state index is 12.2. The van der Waals surface area contributed by atoms with E-state index < -0.39 is 15.1 Å². The van der Waals surface area contributed by atoms with E-state index in [4.69, 9.17) is 11.6 Å². The molecule has 0 radical (unpaired) electrons. The molecule has 1 aromatic heterocycles. The first-order valence-corrected chi connectivity index (χ1v) is 9.06. The van der Waals surface area contributed by atoms with Crippen LogP contribution in [0.5, 0.6) is 0 Å². The third kappa shape index (κ3) is 2.41. The van der Waals surface area contributed by atoms with Crippen molar-refractivity contribution in [2.75, 3.05) is 12.4 Å². The number of alkyl halides is 1. The molecule has 4 nitrogen and oxygen atoms in total. The molecule has 2 atom stereocenters. The molecule has 7 heteroatoms. The van der Waals surface area contributed by atoms with Crippen molar-refractivity contribution >= 4 is 38.7 Å². The molecule has 1 aromatic rings. The van der Waals surface area contributed by atoms with Gasteiger partial charge >= 0.3 is 0 Å². The van der Waals surface area contributed by atoms with Crippen LogP contribution in [0.25, 0.3) is 0 Å². The minimum absolute atomic E-state index is 0.0784. The topological polar surface area (TPSA) is 54.5 Å². The van der Waals surface area contributed by atoms with E-state index in [1.165, 1.54) is 11.3 Å². The number of amides is 1. The monoisotopic (exact) mass is 321 g/mol. The van der Waals surface area contributed by atoms with Crippen LogP contribution >= 0.6 is 22.9 Å². The Bertz CT molecular complexity index is 582. The second kappa shape index (κ2) is 5.42. The lowest BCUT2D eigenvalue weighted by Gasteiger charge is -2.35. The van der Waals surface area contributed by atoms with E-state index in [0.29, 0.717) is 17.2 Å². The average molecular weight is 322 g/mol. The normalized spacial score (nSPS) is 24.8. The van der Waals surface area contributed by atoms with Gasteiger partial charge in [0, 0.05) is 12.1 Å². The van der Waals surface area contributed by atoms with E-state index in [1.807, 2.05) is 6.92 Å². The summed E-state index contributed by atoms with van der Waals surface area (Å²) in [6.45, 7) is 4.10.